The van der Waals surface area contributed by atoms with Gasteiger partial charge in [0.25, 0.3) is 5.91 Å². The number of nitrogens with one attached hydrogen (secondary N) is 1. The molecule has 1 aromatic rings. The Kier molecular flexibility index (Phi) is 7.49. The summed E-state index contributed by atoms with van der Waals surface area (Å²) in [4.78, 5) is 11.5. The standard InChI is InChI=1S/C10H19N5O.ClH/c1-8(2)3-6-15-7-9(13-14-15)10(16)12-5-4-11;/h7-8H,3-6,11H2,1-2H3,(H,12,16);1H. The average Bonchev–Trinajstić information content (AvgIpc) is 2.71. The van der Waals surface area contributed by atoms with Crippen LogP contribution in [-0.2, 0) is 6.54 Å². The molecule has 6 nitrogen and oxygen atoms in total. The second-order valence-electron chi connectivity index (χ2n) is 4.09. The van der Waals surface area contributed by atoms with Crippen LogP contribution in [0.2, 0.25) is 0 Å². The summed E-state index contributed by atoms with van der Waals surface area (Å²) in [5.41, 5.74) is 5.63. The Morgan fingerprint density at radius 1 is 1.59 bits per heavy atom. The third-order valence-corrected chi connectivity index (χ3v) is 2.14. The van der Waals surface area contributed by atoms with Gasteiger partial charge < -0.3 is 11.1 Å². The molecule has 0 saturated heterocycles. The molecule has 0 fully saturated rings. The van der Waals surface area contributed by atoms with E-state index < -0.39 is 0 Å². The molecule has 0 bridgehead atoms. The van der Waals surface area contributed by atoms with Crippen molar-refractivity contribution in [1.82, 2.24) is 20.3 Å². The normalized spacial score (nSPS) is 10.1. The predicted octanol–water partition coefficient (Wildman–Crippen LogP) is 0.434. The van der Waals surface area contributed by atoms with Crippen molar-refractivity contribution in [2.45, 2.75) is 26.8 Å². The Labute approximate surface area is 107 Å². The van der Waals surface area contributed by atoms with E-state index in [0.717, 1.165) is 13.0 Å². The van der Waals surface area contributed by atoms with Crippen LogP contribution < -0.4 is 11.1 Å². The number of halogens is 1. The summed E-state index contributed by atoms with van der Waals surface area (Å²) in [6.45, 7) is 5.96. The van der Waals surface area contributed by atoms with E-state index in [1.807, 2.05) is 0 Å². The largest absolute Gasteiger partial charge is 0.349 e. The fraction of sp³-hybridized carbons (Fsp3) is 0.700. The molecule has 0 aliphatic rings. The minimum absolute atomic E-state index is 0. The topological polar surface area (TPSA) is 85.8 Å². The first-order valence-electron chi connectivity index (χ1n) is 5.52. The Bertz CT molecular complexity index is 339. The second-order valence-corrected chi connectivity index (χ2v) is 4.09. The summed E-state index contributed by atoms with van der Waals surface area (Å²) in [5.74, 6) is 0.389. The zero-order valence-corrected chi connectivity index (χ0v) is 11.0. The van der Waals surface area contributed by atoms with Gasteiger partial charge in [-0.1, -0.05) is 19.1 Å². The zero-order valence-electron chi connectivity index (χ0n) is 10.2. The maximum Gasteiger partial charge on any atom is 0.273 e. The Balaban J connectivity index is 0.00000256. The van der Waals surface area contributed by atoms with Gasteiger partial charge in [0.2, 0.25) is 0 Å². The van der Waals surface area contributed by atoms with Crippen LogP contribution in [0.3, 0.4) is 0 Å². The Hall–Kier alpha value is -1.14. The first kappa shape index (κ1) is 15.9. The van der Waals surface area contributed by atoms with E-state index in [-0.39, 0.29) is 18.3 Å². The molecule has 0 radical (unpaired) electrons. The molecule has 3 N–H and O–H groups in total. The maximum absolute atomic E-state index is 11.5. The lowest BCUT2D eigenvalue weighted by atomic mass is 10.1. The molecule has 17 heavy (non-hydrogen) atoms. The number of carbonyl (C=O) groups excluding carboxylic acids is 1. The molecule has 0 aliphatic carbocycles. The third-order valence-electron chi connectivity index (χ3n) is 2.14. The van der Waals surface area contributed by atoms with Crippen molar-refractivity contribution < 1.29 is 4.79 Å². The number of aryl methyl sites for hydroxylation is 1. The van der Waals surface area contributed by atoms with Crippen molar-refractivity contribution >= 4 is 18.3 Å². The molecule has 98 valence electrons. The number of rotatable bonds is 6. The quantitative estimate of drug-likeness (QED) is 0.778. The molecule has 1 aromatic heterocycles. The molecular formula is C10H20ClN5O. The molecule has 0 saturated carbocycles. The monoisotopic (exact) mass is 261 g/mol. The number of aromatic nitrogens is 3. The number of carbonyl (C=O) groups is 1. The van der Waals surface area contributed by atoms with E-state index >= 15 is 0 Å². The van der Waals surface area contributed by atoms with Crippen molar-refractivity contribution in [2.75, 3.05) is 13.1 Å². The molecule has 0 aromatic carbocycles. The van der Waals surface area contributed by atoms with Crippen molar-refractivity contribution in [3.63, 3.8) is 0 Å². The molecule has 0 unspecified atom stereocenters. The molecule has 0 atom stereocenters. The van der Waals surface area contributed by atoms with Crippen LogP contribution in [0.4, 0.5) is 0 Å². The summed E-state index contributed by atoms with van der Waals surface area (Å²) < 4.78 is 1.69. The van der Waals surface area contributed by atoms with Crippen LogP contribution in [0.1, 0.15) is 30.8 Å². The van der Waals surface area contributed by atoms with E-state index in [1.54, 1.807) is 10.9 Å². The number of amides is 1. The van der Waals surface area contributed by atoms with Gasteiger partial charge in [0, 0.05) is 19.6 Å². The lowest BCUT2D eigenvalue weighted by Gasteiger charge is -2.02. The van der Waals surface area contributed by atoms with Gasteiger partial charge in [0.1, 0.15) is 0 Å². The van der Waals surface area contributed by atoms with Crippen molar-refractivity contribution in [3.8, 4) is 0 Å². The van der Waals surface area contributed by atoms with Gasteiger partial charge in [-0.2, -0.15) is 0 Å². The van der Waals surface area contributed by atoms with Crippen LogP contribution in [0.25, 0.3) is 0 Å². The van der Waals surface area contributed by atoms with Crippen molar-refractivity contribution in [3.05, 3.63) is 11.9 Å². The predicted molar refractivity (Wildman–Crippen MR) is 68.1 cm³/mol. The fourth-order valence-corrected chi connectivity index (χ4v) is 1.18. The van der Waals surface area contributed by atoms with E-state index in [2.05, 4.69) is 29.5 Å². The summed E-state index contributed by atoms with van der Waals surface area (Å²) in [6, 6.07) is 0. The Morgan fingerprint density at radius 3 is 2.88 bits per heavy atom. The summed E-state index contributed by atoms with van der Waals surface area (Å²) in [7, 11) is 0. The third kappa shape index (κ3) is 5.65. The molecule has 1 amide bonds. The van der Waals surface area contributed by atoms with Gasteiger partial charge in [-0.25, -0.2) is 0 Å². The highest BCUT2D eigenvalue weighted by atomic mass is 35.5. The fourth-order valence-electron chi connectivity index (χ4n) is 1.18. The van der Waals surface area contributed by atoms with E-state index in [0.29, 0.717) is 24.7 Å². The smallest absolute Gasteiger partial charge is 0.273 e. The van der Waals surface area contributed by atoms with Crippen LogP contribution in [0, 0.1) is 5.92 Å². The van der Waals surface area contributed by atoms with Gasteiger partial charge in [-0.15, -0.1) is 17.5 Å². The molecule has 0 aliphatic heterocycles. The van der Waals surface area contributed by atoms with Crippen LogP contribution >= 0.6 is 12.4 Å². The van der Waals surface area contributed by atoms with Gasteiger partial charge in [-0.3, -0.25) is 9.48 Å². The van der Waals surface area contributed by atoms with Crippen molar-refractivity contribution in [2.24, 2.45) is 11.7 Å². The summed E-state index contributed by atoms with van der Waals surface area (Å²) in [5, 5.41) is 10.3. The number of hydrogen-bond donors (Lipinski definition) is 2. The second kappa shape index (κ2) is 8.03. The van der Waals surface area contributed by atoms with Gasteiger partial charge >= 0.3 is 0 Å². The van der Waals surface area contributed by atoms with E-state index in [9.17, 15) is 4.79 Å². The number of nitrogens with zero attached hydrogens (tertiary/aromatic N) is 3. The van der Waals surface area contributed by atoms with Gasteiger partial charge in [-0.05, 0) is 12.3 Å². The van der Waals surface area contributed by atoms with Crippen LogP contribution in [-0.4, -0.2) is 34.0 Å². The lowest BCUT2D eigenvalue weighted by molar-refractivity contribution is 0.0949. The SMILES string of the molecule is CC(C)CCn1cc(C(=O)NCCN)nn1.Cl. The molecule has 1 rings (SSSR count). The highest BCUT2D eigenvalue weighted by molar-refractivity contribution is 5.91. The molecular weight excluding hydrogens is 242 g/mol. The average molecular weight is 262 g/mol. The Morgan fingerprint density at radius 2 is 2.29 bits per heavy atom. The minimum atomic E-state index is -0.221. The van der Waals surface area contributed by atoms with Gasteiger partial charge in [0.15, 0.2) is 5.69 Å². The highest BCUT2D eigenvalue weighted by Crippen LogP contribution is 2.02. The molecule has 1 heterocycles. The molecule has 7 heteroatoms. The number of nitrogens with two attached hydrogens (primary N) is 1. The first-order chi connectivity index (χ1) is 7.63. The molecule has 0 spiro atoms. The van der Waals surface area contributed by atoms with Crippen LogP contribution in [0.5, 0.6) is 0 Å². The van der Waals surface area contributed by atoms with Crippen LogP contribution in [0.15, 0.2) is 6.20 Å². The van der Waals surface area contributed by atoms with E-state index in [1.165, 1.54) is 0 Å². The highest BCUT2D eigenvalue weighted by Gasteiger charge is 2.09. The first-order valence-corrected chi connectivity index (χ1v) is 5.52. The zero-order chi connectivity index (χ0) is 12.0. The van der Waals surface area contributed by atoms with E-state index in [4.69, 9.17) is 5.73 Å². The maximum atomic E-state index is 11.5. The van der Waals surface area contributed by atoms with Crippen molar-refractivity contribution in [1.29, 1.82) is 0 Å². The lowest BCUT2D eigenvalue weighted by Crippen LogP contribution is -2.29. The minimum Gasteiger partial charge on any atom is -0.349 e. The summed E-state index contributed by atoms with van der Waals surface area (Å²) >= 11 is 0. The summed E-state index contributed by atoms with van der Waals surface area (Å²) in [6.07, 6.45) is 2.68. The van der Waals surface area contributed by atoms with Gasteiger partial charge in [0.05, 0.1) is 6.20 Å². The number of hydrogen-bond acceptors (Lipinski definition) is 4.